The maximum Gasteiger partial charge on any atom is 0.361 e. The summed E-state index contributed by atoms with van der Waals surface area (Å²) in [5.74, 6) is 5.00. The van der Waals surface area contributed by atoms with Crippen LogP contribution in [0.1, 0.15) is 65.2 Å². The molecule has 0 spiro atoms. The van der Waals surface area contributed by atoms with Gasteiger partial charge in [-0.05, 0) is 153 Å². The second-order valence-corrected chi connectivity index (χ2v) is 53.7. The first-order valence-electron chi connectivity index (χ1n) is 21.3. The molecule has 12 atom stereocenters. The van der Waals surface area contributed by atoms with Crippen LogP contribution in [0.2, 0.25) is 89.6 Å². The van der Waals surface area contributed by atoms with E-state index in [4.69, 9.17) is 49.4 Å². The Morgan fingerprint density at radius 1 is 0.370 bits per heavy atom. The molecule has 314 valence electrons. The third kappa shape index (κ3) is 10.1. The summed E-state index contributed by atoms with van der Waals surface area (Å²) >= 11 is 0. The van der Waals surface area contributed by atoms with Gasteiger partial charge in [-0.25, -0.2) is 0 Å². The van der Waals surface area contributed by atoms with Crippen molar-refractivity contribution in [1.82, 2.24) is 0 Å². The van der Waals surface area contributed by atoms with Gasteiger partial charge in [-0.1, -0.05) is 26.7 Å². The standard InChI is InChI=1S/C26H58O8Si8.C4H16O4Si4/c1-11-19-13-23-15-21(19)17-25(23)39(7)27-35(3)31-41(9,32-36(4)28-39)42(10)33-37(5)29-40(8,30-38(6)34-42)26-18-22-16-24(26)14-20(22)12-2;1-9-5-10(2)7-12(4)8-11(3)6-9/h19-26,35-38H,11-18H2,1-10H3;9-12H,1-4H3. The van der Waals surface area contributed by atoms with E-state index >= 15 is 0 Å². The molecule has 4 aliphatic carbocycles. The van der Waals surface area contributed by atoms with Crippen molar-refractivity contribution in [2.75, 3.05) is 0 Å². The highest BCUT2D eigenvalue weighted by Crippen LogP contribution is 2.60. The van der Waals surface area contributed by atoms with Gasteiger partial charge in [0.2, 0.25) is 0 Å². The number of fused-ring (bicyclic) bond motifs is 4. The highest BCUT2D eigenvalue weighted by molar-refractivity contribution is 7.35. The van der Waals surface area contributed by atoms with Gasteiger partial charge in [0.25, 0.3) is 74.3 Å². The van der Waals surface area contributed by atoms with Crippen LogP contribution >= 0.6 is 0 Å². The van der Waals surface area contributed by atoms with E-state index in [-0.39, 0.29) is 0 Å². The molecule has 0 amide bonds. The lowest BCUT2D eigenvalue weighted by Crippen LogP contribution is -2.75. The Hall–Kier alpha value is 2.12. The summed E-state index contributed by atoms with van der Waals surface area (Å²) in [6.07, 6.45) is 10.6. The average Bonchev–Trinajstić information content (AvgIpc) is 3.83. The molecule has 0 radical (unpaired) electrons. The molecule has 24 heteroatoms. The lowest BCUT2D eigenvalue weighted by Gasteiger charge is -2.51. The molecule has 0 N–H and O–H groups in total. The third-order valence-corrected chi connectivity index (χ3v) is 66.4. The Morgan fingerprint density at radius 2 is 0.648 bits per heavy atom. The Morgan fingerprint density at radius 3 is 0.870 bits per heavy atom. The minimum Gasteiger partial charge on any atom is -0.420 e. The first-order chi connectivity index (χ1) is 25.3. The van der Waals surface area contributed by atoms with Crippen LogP contribution in [-0.2, 0) is 49.4 Å². The first-order valence-corrected chi connectivity index (χ1v) is 48.5. The van der Waals surface area contributed by atoms with Gasteiger partial charge in [-0.3, -0.25) is 0 Å². The summed E-state index contributed by atoms with van der Waals surface area (Å²) in [6, 6.07) is 0. The first kappa shape index (κ1) is 45.6. The van der Waals surface area contributed by atoms with E-state index < -0.39 is 108 Å². The molecule has 7 aliphatic rings. The third-order valence-electron chi connectivity index (χ3n) is 13.9. The highest BCUT2D eigenvalue weighted by Gasteiger charge is 2.66. The van der Waals surface area contributed by atoms with Crippen molar-refractivity contribution in [2.45, 2.75) is 155 Å². The fraction of sp³-hybridized carbons (Fsp3) is 1.00. The largest absolute Gasteiger partial charge is 0.420 e. The van der Waals surface area contributed by atoms with Crippen LogP contribution in [0, 0.1) is 35.5 Å². The molecular formula is C30H74O12Si12. The van der Waals surface area contributed by atoms with Gasteiger partial charge < -0.3 is 49.4 Å². The van der Waals surface area contributed by atoms with Crippen molar-refractivity contribution in [3.63, 3.8) is 0 Å². The minimum absolute atomic E-state index is 0.568. The van der Waals surface area contributed by atoms with Gasteiger partial charge in [0.15, 0.2) is 0 Å². The molecule has 4 saturated carbocycles. The van der Waals surface area contributed by atoms with E-state index in [9.17, 15) is 0 Å². The van der Waals surface area contributed by atoms with Crippen LogP contribution in [0.5, 0.6) is 0 Å². The quantitative estimate of drug-likeness (QED) is 0.345. The summed E-state index contributed by atoms with van der Waals surface area (Å²) in [7, 11) is -24.7. The molecule has 0 aromatic carbocycles. The average molecular weight is 964 g/mol. The molecule has 4 bridgehead atoms. The van der Waals surface area contributed by atoms with Gasteiger partial charge in [0.05, 0.1) is 0 Å². The summed E-state index contributed by atoms with van der Waals surface area (Å²) < 4.78 is 79.0. The summed E-state index contributed by atoms with van der Waals surface area (Å²) in [4.78, 5) is 0. The Kier molecular flexibility index (Phi) is 15.4. The topological polar surface area (TPSA) is 111 Å². The maximum absolute atomic E-state index is 7.06. The summed E-state index contributed by atoms with van der Waals surface area (Å²) in [5.41, 5.74) is 1.14. The van der Waals surface area contributed by atoms with Crippen LogP contribution in [0.4, 0.5) is 0 Å². The van der Waals surface area contributed by atoms with Crippen LogP contribution in [0.25, 0.3) is 0 Å². The van der Waals surface area contributed by atoms with Crippen molar-refractivity contribution in [2.24, 2.45) is 35.5 Å². The fourth-order valence-electron chi connectivity index (χ4n) is 11.9. The zero-order chi connectivity index (χ0) is 39.4. The minimum atomic E-state index is -2.93. The molecule has 54 heavy (non-hydrogen) atoms. The maximum atomic E-state index is 7.06. The molecule has 0 aromatic rings. The van der Waals surface area contributed by atoms with Gasteiger partial charge in [0, 0.05) is 11.1 Å². The zero-order valence-corrected chi connectivity index (χ0v) is 49.0. The van der Waals surface area contributed by atoms with Crippen molar-refractivity contribution < 1.29 is 49.4 Å². The molecule has 0 aromatic heterocycles. The fourth-order valence-corrected chi connectivity index (χ4v) is 73.5. The van der Waals surface area contributed by atoms with Gasteiger partial charge in [0.1, 0.15) is 0 Å². The van der Waals surface area contributed by atoms with Crippen LogP contribution in [0.3, 0.4) is 0 Å². The van der Waals surface area contributed by atoms with Crippen molar-refractivity contribution in [3.05, 3.63) is 0 Å². The smallest absolute Gasteiger partial charge is 0.361 e. The number of hydrogen-bond donors (Lipinski definition) is 0. The lowest BCUT2D eigenvalue weighted by molar-refractivity contribution is 0.212. The lowest BCUT2D eigenvalue weighted by atomic mass is 9.87. The molecule has 3 aliphatic heterocycles. The van der Waals surface area contributed by atoms with E-state index in [1.807, 2.05) is 26.2 Å². The number of rotatable bonds is 5. The molecule has 12 unspecified atom stereocenters. The van der Waals surface area contributed by atoms with Crippen LogP contribution < -0.4 is 0 Å². The van der Waals surface area contributed by atoms with E-state index in [0.717, 1.165) is 35.5 Å². The SMILES string of the molecule is CCC1CC2CC1CC2[Si]1(C)O[SiH](C)O[Si](C)([Si]2(C)O[SiH](C)O[Si](C)(C3CC4CC3CC4CC)O[SiH](C)O2)O[SiH](C)O1.C[SiH]1O[SiH](C)O[SiH](C)O[SiH](C)O1. The van der Waals surface area contributed by atoms with Crippen molar-refractivity contribution >= 4 is 108 Å². The second-order valence-electron chi connectivity index (χ2n) is 18.0. The molecular weight excluding hydrogens is 889 g/mol. The summed E-state index contributed by atoms with van der Waals surface area (Å²) in [5, 5.41) is 0. The van der Waals surface area contributed by atoms with E-state index in [1.54, 1.807) is 0 Å². The molecule has 12 nitrogen and oxygen atoms in total. The van der Waals surface area contributed by atoms with Gasteiger partial charge in [-0.15, -0.1) is 0 Å². The van der Waals surface area contributed by atoms with Crippen LogP contribution in [0.15, 0.2) is 0 Å². The van der Waals surface area contributed by atoms with Gasteiger partial charge >= 0.3 is 33.3 Å². The Labute approximate surface area is 345 Å². The van der Waals surface area contributed by atoms with E-state index in [0.29, 0.717) is 11.1 Å². The van der Waals surface area contributed by atoms with E-state index in [1.165, 1.54) is 51.4 Å². The molecule has 3 saturated heterocycles. The van der Waals surface area contributed by atoms with Crippen LogP contribution in [-0.4, -0.2) is 108 Å². The molecule has 3 heterocycles. The normalized spacial score (nSPS) is 55.4. The van der Waals surface area contributed by atoms with Gasteiger partial charge in [-0.2, -0.15) is 0 Å². The molecule has 7 rings (SSSR count). The highest BCUT2D eigenvalue weighted by atomic mass is 29.3. The van der Waals surface area contributed by atoms with Crippen molar-refractivity contribution in [3.8, 4) is 0 Å². The predicted molar refractivity (Wildman–Crippen MR) is 240 cm³/mol. The number of hydrogen-bond acceptors (Lipinski definition) is 12. The van der Waals surface area contributed by atoms with Crippen molar-refractivity contribution in [1.29, 1.82) is 0 Å². The second kappa shape index (κ2) is 18.2. The molecule has 7 fully saturated rings. The zero-order valence-electron chi connectivity index (χ0n) is 35.8. The summed E-state index contributed by atoms with van der Waals surface area (Å²) in [6.45, 7) is 30.6. The monoisotopic (exact) mass is 962 g/mol. The predicted octanol–water partition coefficient (Wildman–Crippen LogP) is 5.03. The van der Waals surface area contributed by atoms with E-state index in [2.05, 4.69) is 66.2 Å². The Bertz CT molecular complexity index is 1130. The Balaban J connectivity index is 0.000000354.